The first-order valence-corrected chi connectivity index (χ1v) is 6.59. The molecule has 0 bridgehead atoms. The van der Waals surface area contributed by atoms with Gasteiger partial charge in [-0.05, 0) is 30.5 Å². The maximum Gasteiger partial charge on any atom is 0.262 e. The van der Waals surface area contributed by atoms with Gasteiger partial charge in [-0.2, -0.15) is 0 Å². The van der Waals surface area contributed by atoms with E-state index in [-0.39, 0.29) is 18.4 Å². The van der Waals surface area contributed by atoms with Gasteiger partial charge in [-0.3, -0.25) is 9.59 Å². The van der Waals surface area contributed by atoms with Crippen LogP contribution in [-0.4, -0.2) is 24.5 Å². The topological polar surface area (TPSA) is 93.5 Å². The number of nitrogens with two attached hydrogens (primary N) is 1. The zero-order chi connectivity index (χ0) is 14.7. The monoisotopic (exact) mass is 277 g/mol. The Balaban J connectivity index is 2.05. The molecule has 0 aromatic heterocycles. The molecule has 1 heterocycles. The largest absolute Gasteiger partial charge is 0.482 e. The van der Waals surface area contributed by atoms with Crippen molar-refractivity contribution < 1.29 is 14.3 Å². The first-order valence-electron chi connectivity index (χ1n) is 6.59. The van der Waals surface area contributed by atoms with Crippen LogP contribution in [0.15, 0.2) is 18.2 Å². The van der Waals surface area contributed by atoms with Gasteiger partial charge in [0.15, 0.2) is 6.61 Å². The summed E-state index contributed by atoms with van der Waals surface area (Å²) in [4.78, 5) is 23.2. The third-order valence-electron chi connectivity index (χ3n) is 2.94. The Hall–Kier alpha value is -2.08. The molecule has 0 spiro atoms. The molecule has 2 rings (SSSR count). The van der Waals surface area contributed by atoms with Crippen LogP contribution in [0.5, 0.6) is 5.75 Å². The minimum absolute atomic E-state index is 0.0119. The number of fused-ring (bicyclic) bond motifs is 1. The quantitative estimate of drug-likeness (QED) is 0.774. The average molecular weight is 277 g/mol. The van der Waals surface area contributed by atoms with E-state index in [1.54, 1.807) is 18.2 Å². The minimum Gasteiger partial charge on any atom is -0.482 e. The van der Waals surface area contributed by atoms with Crippen molar-refractivity contribution >= 4 is 23.2 Å². The molecular weight excluding hydrogens is 258 g/mol. The minimum atomic E-state index is -0.545. The highest BCUT2D eigenvalue weighted by atomic mass is 16.5. The predicted octanol–water partition coefficient (Wildman–Crippen LogP) is 1.33. The molecule has 6 heteroatoms. The Morgan fingerprint density at radius 1 is 1.50 bits per heavy atom. The summed E-state index contributed by atoms with van der Waals surface area (Å²) in [5, 5.41) is 5.43. The van der Waals surface area contributed by atoms with Crippen LogP contribution in [0.25, 0.3) is 0 Å². The van der Waals surface area contributed by atoms with Crippen LogP contribution < -0.4 is 21.1 Å². The number of rotatable bonds is 4. The smallest absolute Gasteiger partial charge is 0.262 e. The predicted molar refractivity (Wildman–Crippen MR) is 76.6 cm³/mol. The second-order valence-corrected chi connectivity index (χ2v) is 5.27. The van der Waals surface area contributed by atoms with Gasteiger partial charge in [0.1, 0.15) is 5.75 Å². The number of carbonyl (C=O) groups is 2. The SMILES string of the molecule is CC(C)C[C@H](N)C(=O)Nc1ccc2c(c1)NC(=O)CO2. The van der Waals surface area contributed by atoms with E-state index in [1.165, 1.54) is 0 Å². The molecule has 4 N–H and O–H groups in total. The highest BCUT2D eigenvalue weighted by Crippen LogP contribution is 2.30. The van der Waals surface area contributed by atoms with E-state index in [4.69, 9.17) is 10.5 Å². The van der Waals surface area contributed by atoms with Crippen molar-refractivity contribution in [2.45, 2.75) is 26.3 Å². The third-order valence-corrected chi connectivity index (χ3v) is 2.94. The van der Waals surface area contributed by atoms with Crippen LogP contribution in [0.1, 0.15) is 20.3 Å². The molecule has 1 aromatic carbocycles. The van der Waals surface area contributed by atoms with Gasteiger partial charge >= 0.3 is 0 Å². The lowest BCUT2D eigenvalue weighted by molar-refractivity contribution is -0.119. The second kappa shape index (κ2) is 5.92. The highest BCUT2D eigenvalue weighted by molar-refractivity contribution is 5.98. The van der Waals surface area contributed by atoms with Crippen LogP contribution in [0.2, 0.25) is 0 Å². The van der Waals surface area contributed by atoms with Crippen molar-refractivity contribution in [2.24, 2.45) is 11.7 Å². The van der Waals surface area contributed by atoms with Crippen molar-refractivity contribution in [1.82, 2.24) is 0 Å². The van der Waals surface area contributed by atoms with Gasteiger partial charge in [-0.25, -0.2) is 0 Å². The first kappa shape index (κ1) is 14.3. The van der Waals surface area contributed by atoms with Crippen molar-refractivity contribution in [3.8, 4) is 5.75 Å². The lowest BCUT2D eigenvalue weighted by Gasteiger charge is -2.19. The molecule has 1 aliphatic rings. The van der Waals surface area contributed by atoms with Crippen LogP contribution >= 0.6 is 0 Å². The zero-order valence-electron chi connectivity index (χ0n) is 11.6. The van der Waals surface area contributed by atoms with Gasteiger partial charge in [-0.15, -0.1) is 0 Å². The van der Waals surface area contributed by atoms with Gasteiger partial charge in [0.25, 0.3) is 5.91 Å². The molecule has 108 valence electrons. The van der Waals surface area contributed by atoms with E-state index in [1.807, 2.05) is 13.8 Å². The highest BCUT2D eigenvalue weighted by Gasteiger charge is 2.18. The molecular formula is C14H19N3O3. The van der Waals surface area contributed by atoms with Crippen LogP contribution in [0.3, 0.4) is 0 Å². The summed E-state index contributed by atoms with van der Waals surface area (Å²) in [6.07, 6.45) is 0.622. The zero-order valence-corrected chi connectivity index (χ0v) is 11.6. The number of hydrogen-bond donors (Lipinski definition) is 3. The molecule has 20 heavy (non-hydrogen) atoms. The number of amides is 2. The first-order chi connectivity index (χ1) is 9.45. The molecule has 2 amide bonds. The summed E-state index contributed by atoms with van der Waals surface area (Å²) < 4.78 is 5.25. The van der Waals surface area contributed by atoms with E-state index >= 15 is 0 Å². The lowest BCUT2D eigenvalue weighted by Crippen LogP contribution is -2.36. The van der Waals surface area contributed by atoms with Crippen LogP contribution in [-0.2, 0) is 9.59 Å². The average Bonchev–Trinajstić information content (AvgIpc) is 2.37. The van der Waals surface area contributed by atoms with Crippen molar-refractivity contribution in [3.05, 3.63) is 18.2 Å². The molecule has 0 fully saturated rings. The fourth-order valence-electron chi connectivity index (χ4n) is 2.01. The molecule has 0 saturated carbocycles. The van der Waals surface area contributed by atoms with E-state index < -0.39 is 6.04 Å². The Labute approximate surface area is 117 Å². The van der Waals surface area contributed by atoms with Crippen LogP contribution in [0.4, 0.5) is 11.4 Å². The maximum atomic E-state index is 11.9. The van der Waals surface area contributed by atoms with Gasteiger partial charge < -0.3 is 21.1 Å². The van der Waals surface area contributed by atoms with E-state index in [0.29, 0.717) is 29.5 Å². The number of hydrogen-bond acceptors (Lipinski definition) is 4. The maximum absolute atomic E-state index is 11.9. The lowest BCUT2D eigenvalue weighted by atomic mass is 10.0. The fraction of sp³-hybridized carbons (Fsp3) is 0.429. The summed E-state index contributed by atoms with van der Waals surface area (Å²) >= 11 is 0. The molecule has 6 nitrogen and oxygen atoms in total. The molecule has 1 aliphatic heterocycles. The standard InChI is InChI=1S/C14H19N3O3/c1-8(2)5-10(15)14(19)16-9-3-4-12-11(6-9)17-13(18)7-20-12/h3-4,6,8,10H,5,7,15H2,1-2H3,(H,16,19)(H,17,18)/t10-/m0/s1. The Morgan fingerprint density at radius 2 is 2.25 bits per heavy atom. The number of benzene rings is 1. The molecule has 0 unspecified atom stereocenters. The molecule has 0 saturated heterocycles. The summed E-state index contributed by atoms with van der Waals surface area (Å²) in [6.45, 7) is 4.04. The number of nitrogens with one attached hydrogen (secondary N) is 2. The fourth-order valence-corrected chi connectivity index (χ4v) is 2.01. The van der Waals surface area contributed by atoms with Crippen LogP contribution in [0, 0.1) is 5.92 Å². The van der Waals surface area contributed by atoms with Gasteiger partial charge in [0.05, 0.1) is 11.7 Å². The van der Waals surface area contributed by atoms with E-state index in [0.717, 1.165) is 0 Å². The summed E-state index contributed by atoms with van der Waals surface area (Å²) in [5.41, 5.74) is 6.95. The summed E-state index contributed by atoms with van der Waals surface area (Å²) in [5.74, 6) is 0.500. The summed E-state index contributed by atoms with van der Waals surface area (Å²) in [7, 11) is 0. The second-order valence-electron chi connectivity index (χ2n) is 5.27. The van der Waals surface area contributed by atoms with E-state index in [2.05, 4.69) is 10.6 Å². The molecule has 0 radical (unpaired) electrons. The van der Waals surface area contributed by atoms with Crippen molar-refractivity contribution in [1.29, 1.82) is 0 Å². The van der Waals surface area contributed by atoms with E-state index in [9.17, 15) is 9.59 Å². The van der Waals surface area contributed by atoms with Gasteiger partial charge in [0, 0.05) is 5.69 Å². The Bertz CT molecular complexity index is 528. The third kappa shape index (κ3) is 3.48. The molecule has 1 atom stereocenters. The van der Waals surface area contributed by atoms with Crippen molar-refractivity contribution in [3.63, 3.8) is 0 Å². The number of anilines is 2. The van der Waals surface area contributed by atoms with Crippen molar-refractivity contribution in [2.75, 3.05) is 17.2 Å². The molecule has 1 aromatic rings. The normalized spacial score (nSPS) is 15.1. The number of ether oxygens (including phenoxy) is 1. The summed E-state index contributed by atoms with van der Waals surface area (Å²) in [6, 6.07) is 4.54. The van der Waals surface area contributed by atoms with Gasteiger partial charge in [-0.1, -0.05) is 13.8 Å². The van der Waals surface area contributed by atoms with Gasteiger partial charge in [0.2, 0.25) is 5.91 Å². The Kier molecular flexibility index (Phi) is 4.24. The number of carbonyl (C=O) groups excluding carboxylic acids is 2. The molecule has 0 aliphatic carbocycles. The Morgan fingerprint density at radius 3 is 2.95 bits per heavy atom.